The number of hydrogen-bond acceptors (Lipinski definition) is 3. The van der Waals surface area contributed by atoms with Crippen molar-refractivity contribution in [2.24, 2.45) is 0 Å². The third kappa shape index (κ3) is 3.25. The van der Waals surface area contributed by atoms with Gasteiger partial charge < -0.3 is 9.80 Å². The van der Waals surface area contributed by atoms with Crippen LogP contribution in [0, 0.1) is 5.82 Å². The highest BCUT2D eigenvalue weighted by Crippen LogP contribution is 2.21. The number of rotatable bonds is 4. The topological polar surface area (TPSA) is 52.5 Å². The number of aromatic nitrogens is 4. The molecule has 1 fully saturated rings. The van der Waals surface area contributed by atoms with Gasteiger partial charge in [0.2, 0.25) is 5.82 Å². The molecule has 1 aliphatic rings. The van der Waals surface area contributed by atoms with Gasteiger partial charge in [-0.05, 0) is 36.4 Å². The first kappa shape index (κ1) is 16.0. The molecule has 0 amide bonds. The van der Waals surface area contributed by atoms with Gasteiger partial charge in [0.25, 0.3) is 0 Å². The Bertz CT molecular complexity index is 648. The Hall–Kier alpha value is -1.86. The second-order valence-corrected chi connectivity index (χ2v) is 6.65. The van der Waals surface area contributed by atoms with Crippen LogP contribution in [0.25, 0.3) is 0 Å². The molecule has 0 unspecified atom stereocenters. The van der Waals surface area contributed by atoms with Crippen LogP contribution in [0.4, 0.5) is 4.39 Å². The quantitative estimate of drug-likeness (QED) is 0.752. The van der Waals surface area contributed by atoms with Gasteiger partial charge in [0, 0.05) is 0 Å². The van der Waals surface area contributed by atoms with Gasteiger partial charge in [-0.3, -0.25) is 0 Å². The number of piperazine rings is 1. The van der Waals surface area contributed by atoms with E-state index in [-0.39, 0.29) is 17.9 Å². The maximum absolute atomic E-state index is 14.5. The largest absolute Gasteiger partial charge is 0.328 e. The molecule has 6 nitrogen and oxygen atoms in total. The van der Waals surface area contributed by atoms with Gasteiger partial charge in [0.15, 0.2) is 6.04 Å². The smallest absolute Gasteiger partial charge is 0.214 e. The molecule has 7 heteroatoms. The molecular weight excluding hydrogens is 295 g/mol. The molecule has 2 heterocycles. The summed E-state index contributed by atoms with van der Waals surface area (Å²) in [6.07, 6.45) is 0. The predicted octanol–water partition coefficient (Wildman–Crippen LogP) is -1.10. The first-order valence-corrected chi connectivity index (χ1v) is 8.26. The molecular formula is C16H25FN6+2. The van der Waals surface area contributed by atoms with Crippen LogP contribution in [-0.2, 0) is 0 Å². The van der Waals surface area contributed by atoms with Crippen LogP contribution < -0.4 is 9.80 Å². The van der Waals surface area contributed by atoms with Crippen LogP contribution in [0.15, 0.2) is 24.3 Å². The number of likely N-dealkylation sites (N-methyl/N-ethyl adjacent to an activating group) is 1. The molecule has 1 aromatic carbocycles. The first-order chi connectivity index (χ1) is 11.1. The van der Waals surface area contributed by atoms with Gasteiger partial charge in [-0.15, -0.1) is 5.10 Å². The van der Waals surface area contributed by atoms with Crippen LogP contribution >= 0.6 is 0 Å². The minimum Gasteiger partial charge on any atom is -0.328 e. The molecule has 0 aliphatic carbocycles. The number of nitrogens with zero attached hydrogens (tertiary/aromatic N) is 4. The number of halogens is 1. The summed E-state index contributed by atoms with van der Waals surface area (Å²) in [5, 5.41) is 12.2. The maximum Gasteiger partial charge on any atom is 0.214 e. The molecule has 23 heavy (non-hydrogen) atoms. The Morgan fingerprint density at radius 3 is 2.48 bits per heavy atom. The number of hydrogen-bond donors (Lipinski definition) is 2. The molecule has 1 aliphatic heterocycles. The number of nitrogens with one attached hydrogen (secondary N) is 2. The second-order valence-electron chi connectivity index (χ2n) is 6.65. The number of benzene rings is 1. The summed E-state index contributed by atoms with van der Waals surface area (Å²) in [6.45, 7) is 8.20. The van der Waals surface area contributed by atoms with E-state index >= 15 is 0 Å². The van der Waals surface area contributed by atoms with Crippen LogP contribution in [-0.4, -0.2) is 53.4 Å². The van der Waals surface area contributed by atoms with Crippen molar-refractivity contribution < 1.29 is 14.2 Å². The highest BCUT2D eigenvalue weighted by Gasteiger charge is 2.36. The summed E-state index contributed by atoms with van der Waals surface area (Å²) in [6, 6.07) is 6.97. The van der Waals surface area contributed by atoms with Gasteiger partial charge in [-0.1, -0.05) is 12.1 Å². The molecule has 2 aromatic rings. The van der Waals surface area contributed by atoms with Crippen molar-refractivity contribution in [3.05, 3.63) is 41.5 Å². The van der Waals surface area contributed by atoms with Gasteiger partial charge in [-0.2, -0.15) is 0 Å². The molecule has 0 saturated carbocycles. The van der Waals surface area contributed by atoms with Gasteiger partial charge in [0.1, 0.15) is 32.0 Å². The van der Waals surface area contributed by atoms with E-state index in [1.807, 2.05) is 30.7 Å². The van der Waals surface area contributed by atoms with Crippen molar-refractivity contribution in [1.82, 2.24) is 20.2 Å². The number of tetrazole rings is 1. The molecule has 0 spiro atoms. The standard InChI is InChI=1S/C16H23FN6/c1-12(2)23-16(18-19-20-23)15(13-6-4-5-7-14(13)17)22-10-8-21(3)9-11-22/h4-7,12,15H,8-11H2,1-3H3/p+2/t15-/m0/s1. The fourth-order valence-corrected chi connectivity index (χ4v) is 3.30. The van der Waals surface area contributed by atoms with Crippen molar-refractivity contribution in [2.45, 2.75) is 25.9 Å². The van der Waals surface area contributed by atoms with Crippen molar-refractivity contribution in [3.63, 3.8) is 0 Å². The van der Waals surface area contributed by atoms with E-state index < -0.39 is 0 Å². The van der Waals surface area contributed by atoms with Crippen molar-refractivity contribution in [3.8, 4) is 0 Å². The summed E-state index contributed by atoms with van der Waals surface area (Å²) in [7, 11) is 2.20. The lowest BCUT2D eigenvalue weighted by atomic mass is 10.0. The zero-order valence-electron chi connectivity index (χ0n) is 14.0. The van der Waals surface area contributed by atoms with E-state index in [9.17, 15) is 4.39 Å². The SMILES string of the molecule is CC(C)n1nnnc1[C@H](c1ccccc1F)[NH+]1CC[NH+](C)CC1. The lowest BCUT2D eigenvalue weighted by Crippen LogP contribution is -3.27. The predicted molar refractivity (Wildman–Crippen MR) is 83.8 cm³/mol. The maximum atomic E-state index is 14.5. The van der Waals surface area contributed by atoms with Gasteiger partial charge in [-0.25, -0.2) is 9.07 Å². The lowest BCUT2D eigenvalue weighted by molar-refractivity contribution is -1.02. The molecule has 1 aromatic heterocycles. The van der Waals surface area contributed by atoms with E-state index in [1.54, 1.807) is 6.07 Å². The van der Waals surface area contributed by atoms with Crippen LogP contribution in [0.1, 0.15) is 37.3 Å². The summed E-state index contributed by atoms with van der Waals surface area (Å²) >= 11 is 0. The van der Waals surface area contributed by atoms with Gasteiger partial charge >= 0.3 is 0 Å². The second kappa shape index (κ2) is 6.72. The average molecular weight is 320 g/mol. The zero-order chi connectivity index (χ0) is 16.4. The highest BCUT2D eigenvalue weighted by molar-refractivity contribution is 5.24. The van der Waals surface area contributed by atoms with E-state index in [2.05, 4.69) is 22.6 Å². The van der Waals surface area contributed by atoms with E-state index in [0.717, 1.165) is 32.0 Å². The molecule has 1 saturated heterocycles. The summed E-state index contributed by atoms with van der Waals surface area (Å²) in [5.74, 6) is 0.564. The van der Waals surface area contributed by atoms with Crippen LogP contribution in [0.3, 0.4) is 0 Å². The van der Waals surface area contributed by atoms with Crippen molar-refractivity contribution >= 4 is 0 Å². The lowest BCUT2D eigenvalue weighted by Gasteiger charge is -2.33. The Labute approximate surface area is 135 Å². The minimum atomic E-state index is -0.186. The monoisotopic (exact) mass is 320 g/mol. The highest BCUT2D eigenvalue weighted by atomic mass is 19.1. The van der Waals surface area contributed by atoms with Crippen LogP contribution in [0.2, 0.25) is 0 Å². The Morgan fingerprint density at radius 2 is 1.83 bits per heavy atom. The molecule has 0 bridgehead atoms. The molecule has 1 atom stereocenters. The summed E-state index contributed by atoms with van der Waals surface area (Å²) < 4.78 is 16.3. The van der Waals surface area contributed by atoms with E-state index in [4.69, 9.17) is 0 Å². The fourth-order valence-electron chi connectivity index (χ4n) is 3.30. The Balaban J connectivity index is 2.03. The molecule has 3 rings (SSSR count). The van der Waals surface area contributed by atoms with Gasteiger partial charge in [0.05, 0.1) is 18.7 Å². The Morgan fingerprint density at radius 1 is 1.13 bits per heavy atom. The van der Waals surface area contributed by atoms with Crippen molar-refractivity contribution in [1.29, 1.82) is 0 Å². The zero-order valence-corrected chi connectivity index (χ0v) is 14.0. The minimum absolute atomic E-state index is 0.145. The molecule has 124 valence electrons. The molecule has 2 N–H and O–H groups in total. The van der Waals surface area contributed by atoms with E-state index in [0.29, 0.717) is 5.56 Å². The molecule has 0 radical (unpaired) electrons. The third-order valence-electron chi connectivity index (χ3n) is 4.64. The third-order valence-corrected chi connectivity index (χ3v) is 4.64. The van der Waals surface area contributed by atoms with Crippen LogP contribution in [0.5, 0.6) is 0 Å². The Kier molecular flexibility index (Phi) is 4.68. The van der Waals surface area contributed by atoms with E-state index in [1.165, 1.54) is 15.9 Å². The first-order valence-electron chi connectivity index (χ1n) is 8.26. The summed E-state index contributed by atoms with van der Waals surface area (Å²) in [5.41, 5.74) is 0.679. The number of quaternary nitrogens is 2. The fraction of sp³-hybridized carbons (Fsp3) is 0.562. The summed E-state index contributed by atoms with van der Waals surface area (Å²) in [4.78, 5) is 2.85. The average Bonchev–Trinajstić information content (AvgIpc) is 3.01. The van der Waals surface area contributed by atoms with Crippen molar-refractivity contribution in [2.75, 3.05) is 33.2 Å². The normalized spacial score (nSPS) is 23.2.